The predicted octanol–water partition coefficient (Wildman–Crippen LogP) is 5.71. The molecule has 1 amide bonds. The highest BCUT2D eigenvalue weighted by atomic mass is 35.5. The molecule has 3 unspecified atom stereocenters. The summed E-state index contributed by atoms with van der Waals surface area (Å²) < 4.78 is 6.52. The summed E-state index contributed by atoms with van der Waals surface area (Å²) in [6.07, 6.45) is 4.51. The van der Waals surface area contributed by atoms with E-state index < -0.39 is 12.1 Å². The molecule has 7 rings (SSSR count). The Balaban J connectivity index is 1.22. The van der Waals surface area contributed by atoms with Gasteiger partial charge in [0.05, 0.1) is 41.3 Å². The van der Waals surface area contributed by atoms with Crippen LogP contribution in [0, 0.1) is 11.3 Å². The second-order valence-corrected chi connectivity index (χ2v) is 13.6. The topological polar surface area (TPSA) is 109 Å². The average molecular weight is 630 g/mol. The van der Waals surface area contributed by atoms with Crippen molar-refractivity contribution in [3.63, 3.8) is 0 Å². The normalized spacial score (nSPS) is 24.4. The molecule has 1 N–H and O–H groups in total. The van der Waals surface area contributed by atoms with Gasteiger partial charge in [0.2, 0.25) is 0 Å². The average Bonchev–Trinajstić information content (AvgIpc) is 3.74. The highest BCUT2D eigenvalue weighted by molar-refractivity contribution is 6.36. The number of amides is 1. The van der Waals surface area contributed by atoms with E-state index in [2.05, 4.69) is 58.9 Å². The van der Waals surface area contributed by atoms with Gasteiger partial charge in [0, 0.05) is 54.9 Å². The molecular weight excluding hydrogens is 590 g/mol. The van der Waals surface area contributed by atoms with Crippen molar-refractivity contribution < 1.29 is 14.6 Å². The van der Waals surface area contributed by atoms with Gasteiger partial charge in [-0.2, -0.15) is 15.2 Å². The van der Waals surface area contributed by atoms with Crippen LogP contribution in [0.5, 0.6) is 6.01 Å². The maximum atomic E-state index is 11.9. The molecular formula is C34H40ClN7O3. The molecule has 1 aromatic heterocycles. The molecule has 0 bridgehead atoms. The highest BCUT2D eigenvalue weighted by Gasteiger charge is 2.53. The van der Waals surface area contributed by atoms with Crippen molar-refractivity contribution in [3.05, 3.63) is 52.7 Å². The number of halogens is 1. The van der Waals surface area contributed by atoms with Crippen molar-refractivity contribution in [2.75, 3.05) is 42.6 Å². The summed E-state index contributed by atoms with van der Waals surface area (Å²) in [5, 5.41) is 22.1. The van der Waals surface area contributed by atoms with E-state index in [1.165, 1.54) is 17.7 Å². The number of hydrogen-bond donors (Lipinski definition) is 1. The molecule has 3 fully saturated rings. The molecule has 2 aromatic carbocycles. The van der Waals surface area contributed by atoms with Crippen molar-refractivity contribution in [1.29, 1.82) is 5.26 Å². The first-order valence-corrected chi connectivity index (χ1v) is 16.5. The van der Waals surface area contributed by atoms with Crippen molar-refractivity contribution in [2.45, 2.75) is 82.6 Å². The zero-order valence-corrected chi connectivity index (χ0v) is 26.7. The molecule has 0 spiro atoms. The SMILES string of the molecule is CC1CCC(C)N1C1(COc2nc3c(c(N4CCN(C(=O)O)C(CC#N)C4)n2)CCN(c2cccc4cccc(Cl)c24)C3)CC1. The number of likely N-dealkylation sites (tertiary alicyclic amines) is 1. The van der Waals surface area contributed by atoms with Crippen LogP contribution < -0.4 is 14.5 Å². The van der Waals surface area contributed by atoms with Gasteiger partial charge in [0.15, 0.2) is 0 Å². The van der Waals surface area contributed by atoms with Gasteiger partial charge in [0.1, 0.15) is 12.4 Å². The first-order valence-electron chi connectivity index (χ1n) is 16.1. The van der Waals surface area contributed by atoms with E-state index >= 15 is 0 Å². The first kappa shape index (κ1) is 29.9. The lowest BCUT2D eigenvalue weighted by Crippen LogP contribution is -2.55. The Morgan fingerprint density at radius 2 is 1.84 bits per heavy atom. The minimum absolute atomic E-state index is 0.0332. The third-order valence-electron chi connectivity index (χ3n) is 10.3. The van der Waals surface area contributed by atoms with Crippen LogP contribution in [0.1, 0.15) is 57.2 Å². The van der Waals surface area contributed by atoms with Crippen LogP contribution in [0.15, 0.2) is 36.4 Å². The summed E-state index contributed by atoms with van der Waals surface area (Å²) in [4.78, 5) is 30.5. The molecule has 11 heteroatoms. The van der Waals surface area contributed by atoms with E-state index in [1.807, 2.05) is 12.1 Å². The van der Waals surface area contributed by atoms with Crippen LogP contribution >= 0.6 is 11.6 Å². The second kappa shape index (κ2) is 11.8. The van der Waals surface area contributed by atoms with E-state index in [-0.39, 0.29) is 12.0 Å². The van der Waals surface area contributed by atoms with Gasteiger partial charge >= 0.3 is 12.1 Å². The summed E-state index contributed by atoms with van der Waals surface area (Å²) in [5.74, 6) is 0.798. The number of aromatic nitrogens is 2. The van der Waals surface area contributed by atoms with E-state index in [4.69, 9.17) is 26.3 Å². The van der Waals surface area contributed by atoms with E-state index in [0.29, 0.717) is 50.9 Å². The molecule has 4 heterocycles. The first-order chi connectivity index (χ1) is 21.8. The predicted molar refractivity (Wildman–Crippen MR) is 174 cm³/mol. The molecule has 3 aromatic rings. The number of nitriles is 1. The smallest absolute Gasteiger partial charge is 0.407 e. The minimum Gasteiger partial charge on any atom is -0.465 e. The molecule has 1 saturated carbocycles. The van der Waals surface area contributed by atoms with E-state index in [0.717, 1.165) is 64.4 Å². The molecule has 2 saturated heterocycles. The van der Waals surface area contributed by atoms with Gasteiger partial charge < -0.3 is 24.5 Å². The maximum Gasteiger partial charge on any atom is 0.407 e. The largest absolute Gasteiger partial charge is 0.465 e. The molecule has 1 aliphatic carbocycles. The van der Waals surface area contributed by atoms with Crippen LogP contribution in [0.25, 0.3) is 10.8 Å². The molecule has 236 valence electrons. The summed E-state index contributed by atoms with van der Waals surface area (Å²) in [7, 11) is 0. The Hall–Kier alpha value is -3.81. The Kier molecular flexibility index (Phi) is 7.86. The number of carbonyl (C=O) groups is 1. The fourth-order valence-corrected chi connectivity index (χ4v) is 8.27. The van der Waals surface area contributed by atoms with Gasteiger partial charge in [0.25, 0.3) is 0 Å². The minimum atomic E-state index is -0.992. The zero-order valence-electron chi connectivity index (χ0n) is 26.0. The van der Waals surface area contributed by atoms with Gasteiger partial charge in [-0.1, -0.05) is 35.9 Å². The van der Waals surface area contributed by atoms with Crippen LogP contribution in [0.4, 0.5) is 16.3 Å². The van der Waals surface area contributed by atoms with Crippen LogP contribution in [-0.4, -0.2) is 87.4 Å². The fraction of sp³-hybridized carbons (Fsp3) is 0.529. The van der Waals surface area contributed by atoms with Crippen molar-refractivity contribution in [2.24, 2.45) is 0 Å². The van der Waals surface area contributed by atoms with E-state index in [1.54, 1.807) is 0 Å². The lowest BCUT2D eigenvalue weighted by Gasteiger charge is -2.41. The molecule has 45 heavy (non-hydrogen) atoms. The Morgan fingerprint density at radius 1 is 1.09 bits per heavy atom. The molecule has 4 aliphatic rings. The number of fused-ring (bicyclic) bond motifs is 2. The standard InChI is InChI=1S/C34H40ClN7O3/c1-22-9-10-23(2)42(22)34(13-14-34)21-45-32-37-28-20-39(29-8-4-6-24-5-3-7-27(35)30(24)29)16-12-26(28)31(38-32)40-17-18-41(33(43)44)25(19-40)11-15-36/h3-8,22-23,25H,9-14,16-21H2,1-2H3,(H,43,44). The Labute approximate surface area is 269 Å². The Bertz CT molecular complexity index is 1640. The van der Waals surface area contributed by atoms with Gasteiger partial charge in [-0.05, 0) is 63.5 Å². The van der Waals surface area contributed by atoms with E-state index in [9.17, 15) is 15.2 Å². The monoisotopic (exact) mass is 629 g/mol. The van der Waals surface area contributed by atoms with Crippen molar-refractivity contribution in [1.82, 2.24) is 19.8 Å². The van der Waals surface area contributed by atoms with Crippen molar-refractivity contribution >= 4 is 40.0 Å². The van der Waals surface area contributed by atoms with Crippen LogP contribution in [0.3, 0.4) is 0 Å². The number of hydrogen-bond acceptors (Lipinski definition) is 8. The molecule has 0 radical (unpaired) electrons. The number of ether oxygens (including phenoxy) is 1. The zero-order chi connectivity index (χ0) is 31.3. The summed E-state index contributed by atoms with van der Waals surface area (Å²) in [5.41, 5.74) is 3.08. The fourth-order valence-electron chi connectivity index (χ4n) is 7.99. The number of benzene rings is 2. The maximum absolute atomic E-state index is 11.9. The number of nitrogens with zero attached hydrogens (tertiary/aromatic N) is 7. The quantitative estimate of drug-likeness (QED) is 0.351. The van der Waals surface area contributed by atoms with Crippen LogP contribution in [-0.2, 0) is 13.0 Å². The summed E-state index contributed by atoms with van der Waals surface area (Å²) in [6, 6.07) is 15.4. The number of carboxylic acid groups (broad SMARTS) is 1. The van der Waals surface area contributed by atoms with Gasteiger partial charge in [-0.25, -0.2) is 4.79 Å². The third-order valence-corrected chi connectivity index (χ3v) is 10.7. The summed E-state index contributed by atoms with van der Waals surface area (Å²) in [6.45, 7) is 7.73. The molecule has 10 nitrogen and oxygen atoms in total. The number of piperazine rings is 1. The number of anilines is 2. The highest BCUT2D eigenvalue weighted by Crippen LogP contribution is 2.48. The number of rotatable bonds is 7. The lowest BCUT2D eigenvalue weighted by atomic mass is 10.0. The summed E-state index contributed by atoms with van der Waals surface area (Å²) >= 11 is 6.72. The third kappa shape index (κ3) is 5.50. The van der Waals surface area contributed by atoms with Crippen LogP contribution in [0.2, 0.25) is 5.02 Å². The van der Waals surface area contributed by atoms with Crippen molar-refractivity contribution in [3.8, 4) is 12.1 Å². The second-order valence-electron chi connectivity index (χ2n) is 13.2. The van der Waals surface area contributed by atoms with Gasteiger partial charge in [-0.15, -0.1) is 0 Å². The lowest BCUT2D eigenvalue weighted by molar-refractivity contribution is 0.0770. The molecule has 3 atom stereocenters. The molecule has 3 aliphatic heterocycles. The Morgan fingerprint density at radius 3 is 2.56 bits per heavy atom. The van der Waals surface area contributed by atoms with Gasteiger partial charge in [-0.3, -0.25) is 4.90 Å².